The van der Waals surface area contributed by atoms with Gasteiger partial charge in [-0.3, -0.25) is 4.68 Å². The summed E-state index contributed by atoms with van der Waals surface area (Å²) in [4.78, 5) is 0.263. The van der Waals surface area contributed by atoms with Gasteiger partial charge in [0.2, 0.25) is 10.0 Å². The van der Waals surface area contributed by atoms with Crippen molar-refractivity contribution in [3.05, 3.63) is 12.4 Å². The second-order valence-corrected chi connectivity index (χ2v) is 7.54. The first-order chi connectivity index (χ1) is 8.64. The van der Waals surface area contributed by atoms with E-state index >= 15 is 0 Å². The highest BCUT2D eigenvalue weighted by Gasteiger charge is 2.26. The summed E-state index contributed by atoms with van der Waals surface area (Å²) < 4.78 is 27.9. The summed E-state index contributed by atoms with van der Waals surface area (Å²) in [5.41, 5.74) is 0. The number of rotatable bonds is 4. The zero-order valence-corrected chi connectivity index (χ0v) is 12.3. The van der Waals surface area contributed by atoms with Gasteiger partial charge in [-0.15, -0.1) is 11.6 Å². The van der Waals surface area contributed by atoms with E-state index < -0.39 is 10.0 Å². The molecule has 0 N–H and O–H groups in total. The molecule has 102 valence electrons. The molecule has 0 saturated carbocycles. The number of aromatic nitrogens is 2. The molecule has 0 aromatic carbocycles. The fraction of sp³-hybridized carbons (Fsp3) is 0.700. The van der Waals surface area contributed by atoms with Crippen LogP contribution in [0.5, 0.6) is 0 Å². The number of hydrogen-bond donors (Lipinski definition) is 0. The van der Waals surface area contributed by atoms with Gasteiger partial charge >= 0.3 is 0 Å². The number of thioether (sulfide) groups is 1. The Morgan fingerprint density at radius 1 is 1.39 bits per heavy atom. The summed E-state index contributed by atoms with van der Waals surface area (Å²) >= 11 is 7.41. The molecule has 8 heteroatoms. The van der Waals surface area contributed by atoms with E-state index in [9.17, 15) is 8.42 Å². The van der Waals surface area contributed by atoms with Gasteiger partial charge in [-0.05, 0) is 12.2 Å². The third kappa shape index (κ3) is 3.20. The Hall–Kier alpha value is -0.240. The van der Waals surface area contributed by atoms with E-state index in [1.54, 1.807) is 26.9 Å². The maximum atomic E-state index is 12.4. The minimum Gasteiger partial charge on any atom is -0.270 e. The van der Waals surface area contributed by atoms with Gasteiger partial charge < -0.3 is 0 Å². The van der Waals surface area contributed by atoms with Gasteiger partial charge in [-0.25, -0.2) is 8.42 Å². The lowest BCUT2D eigenvalue weighted by Gasteiger charge is -2.18. The van der Waals surface area contributed by atoms with E-state index in [0.717, 1.165) is 17.9 Å². The summed E-state index contributed by atoms with van der Waals surface area (Å²) in [7, 11) is -3.39. The minimum absolute atomic E-state index is 0.263. The number of aryl methyl sites for hydroxylation is 1. The van der Waals surface area contributed by atoms with Gasteiger partial charge in [0, 0.05) is 30.9 Å². The second-order valence-electron chi connectivity index (χ2n) is 4.00. The Morgan fingerprint density at radius 2 is 2.22 bits per heavy atom. The maximum absolute atomic E-state index is 12.4. The standard InChI is InChI=1S/C10H16ClN3O2S2/c11-2-4-13-9-10(8-12-13)18(15,16)14-3-1-6-17-7-5-14/h8-9H,1-7H2. The number of sulfonamides is 1. The normalized spacial score (nSPS) is 18.7. The maximum Gasteiger partial charge on any atom is 0.246 e. The Kier molecular flexibility index (Phi) is 4.94. The molecule has 0 atom stereocenters. The van der Waals surface area contributed by atoms with E-state index in [0.29, 0.717) is 25.5 Å². The smallest absolute Gasteiger partial charge is 0.246 e. The monoisotopic (exact) mass is 309 g/mol. The molecule has 1 aliphatic heterocycles. The van der Waals surface area contributed by atoms with Crippen molar-refractivity contribution in [2.75, 3.05) is 30.5 Å². The zero-order valence-electron chi connectivity index (χ0n) is 9.96. The molecule has 2 rings (SSSR count). The number of alkyl halides is 1. The average Bonchev–Trinajstić information content (AvgIpc) is 2.65. The highest BCUT2D eigenvalue weighted by Crippen LogP contribution is 2.19. The SMILES string of the molecule is O=S(=O)(c1cnn(CCCl)c1)N1CCCSCC1. The van der Waals surface area contributed by atoms with E-state index in [1.165, 1.54) is 6.20 Å². The first-order valence-electron chi connectivity index (χ1n) is 5.81. The number of nitrogens with zero attached hydrogens (tertiary/aromatic N) is 3. The molecule has 18 heavy (non-hydrogen) atoms. The third-order valence-corrected chi connectivity index (χ3v) is 5.81. The Bertz CT molecular complexity index is 481. The highest BCUT2D eigenvalue weighted by molar-refractivity contribution is 7.99. The lowest BCUT2D eigenvalue weighted by molar-refractivity contribution is 0.435. The van der Waals surface area contributed by atoms with Crippen LogP contribution in [0.15, 0.2) is 17.3 Å². The fourth-order valence-electron chi connectivity index (χ4n) is 1.80. The molecule has 1 aliphatic rings. The van der Waals surface area contributed by atoms with Crippen LogP contribution >= 0.6 is 23.4 Å². The van der Waals surface area contributed by atoms with Crippen molar-refractivity contribution in [1.29, 1.82) is 0 Å². The van der Waals surface area contributed by atoms with E-state index in [-0.39, 0.29) is 4.90 Å². The van der Waals surface area contributed by atoms with Crippen LogP contribution in [0, 0.1) is 0 Å². The van der Waals surface area contributed by atoms with Crippen LogP contribution < -0.4 is 0 Å². The molecular formula is C10H16ClN3O2S2. The van der Waals surface area contributed by atoms with Crippen LogP contribution in [0.2, 0.25) is 0 Å². The van der Waals surface area contributed by atoms with Gasteiger partial charge in [0.25, 0.3) is 0 Å². The van der Waals surface area contributed by atoms with Crippen LogP contribution in [-0.2, 0) is 16.6 Å². The predicted octanol–water partition coefficient (Wildman–Crippen LogP) is 1.25. The molecule has 0 aliphatic carbocycles. The molecule has 0 spiro atoms. The van der Waals surface area contributed by atoms with Gasteiger partial charge in [0.1, 0.15) is 4.90 Å². The molecular weight excluding hydrogens is 294 g/mol. The van der Waals surface area contributed by atoms with Gasteiger partial charge in [0.15, 0.2) is 0 Å². The van der Waals surface area contributed by atoms with Crippen molar-refractivity contribution >= 4 is 33.4 Å². The van der Waals surface area contributed by atoms with E-state index in [4.69, 9.17) is 11.6 Å². The van der Waals surface area contributed by atoms with E-state index in [1.807, 2.05) is 0 Å². The minimum atomic E-state index is -3.39. The van der Waals surface area contributed by atoms with Crippen molar-refractivity contribution in [3.63, 3.8) is 0 Å². The molecule has 1 aromatic rings. The van der Waals surface area contributed by atoms with Crippen molar-refractivity contribution in [1.82, 2.24) is 14.1 Å². The summed E-state index contributed by atoms with van der Waals surface area (Å²) in [5.74, 6) is 2.30. The van der Waals surface area contributed by atoms with Crippen LogP contribution in [-0.4, -0.2) is 53.0 Å². The number of hydrogen-bond acceptors (Lipinski definition) is 4. The highest BCUT2D eigenvalue weighted by atomic mass is 35.5. The molecule has 5 nitrogen and oxygen atoms in total. The van der Waals surface area contributed by atoms with Crippen molar-refractivity contribution in [2.24, 2.45) is 0 Å². The molecule has 1 aromatic heterocycles. The lowest BCUT2D eigenvalue weighted by Crippen LogP contribution is -2.32. The second kappa shape index (κ2) is 6.27. The van der Waals surface area contributed by atoms with Crippen LogP contribution in [0.3, 0.4) is 0 Å². The largest absolute Gasteiger partial charge is 0.270 e. The quantitative estimate of drug-likeness (QED) is 0.786. The van der Waals surface area contributed by atoms with Crippen LogP contribution in [0.25, 0.3) is 0 Å². The zero-order chi connectivity index (χ0) is 13.0. The third-order valence-electron chi connectivity index (χ3n) is 2.74. The molecule has 2 heterocycles. The van der Waals surface area contributed by atoms with Gasteiger partial charge in [0.05, 0.1) is 12.7 Å². The van der Waals surface area contributed by atoms with E-state index in [2.05, 4.69) is 5.10 Å². The van der Waals surface area contributed by atoms with Crippen molar-refractivity contribution < 1.29 is 8.42 Å². The first kappa shape index (κ1) is 14.2. The predicted molar refractivity (Wildman–Crippen MR) is 73.6 cm³/mol. The average molecular weight is 310 g/mol. The molecule has 0 radical (unpaired) electrons. The van der Waals surface area contributed by atoms with Crippen LogP contribution in [0.4, 0.5) is 0 Å². The Balaban J connectivity index is 2.17. The Morgan fingerprint density at radius 3 is 3.00 bits per heavy atom. The summed E-state index contributed by atoms with van der Waals surface area (Å²) in [6, 6.07) is 0. The Labute approximate surface area is 117 Å². The fourth-order valence-corrected chi connectivity index (χ4v) is 4.41. The summed E-state index contributed by atoms with van der Waals surface area (Å²) in [5, 5.41) is 4.01. The topological polar surface area (TPSA) is 55.2 Å². The first-order valence-corrected chi connectivity index (χ1v) is 8.94. The molecule has 1 saturated heterocycles. The molecule has 0 bridgehead atoms. The van der Waals surface area contributed by atoms with Crippen LogP contribution in [0.1, 0.15) is 6.42 Å². The summed E-state index contributed by atoms with van der Waals surface area (Å²) in [6.07, 6.45) is 3.86. The lowest BCUT2D eigenvalue weighted by atomic mass is 10.5. The van der Waals surface area contributed by atoms with Gasteiger partial charge in [-0.1, -0.05) is 0 Å². The summed E-state index contributed by atoms with van der Waals surface area (Å²) in [6.45, 7) is 1.69. The van der Waals surface area contributed by atoms with Crippen molar-refractivity contribution in [2.45, 2.75) is 17.9 Å². The molecule has 0 amide bonds. The number of halogens is 1. The molecule has 1 fully saturated rings. The molecule has 0 unspecified atom stereocenters. The van der Waals surface area contributed by atoms with Gasteiger partial charge in [-0.2, -0.15) is 21.2 Å². The van der Waals surface area contributed by atoms with Crippen molar-refractivity contribution in [3.8, 4) is 0 Å².